The van der Waals surface area contributed by atoms with E-state index in [4.69, 9.17) is 0 Å². The Hall–Kier alpha value is -2.20. The molecule has 1 atom stereocenters. The van der Waals surface area contributed by atoms with Gasteiger partial charge in [0.2, 0.25) is 5.91 Å². The van der Waals surface area contributed by atoms with Gasteiger partial charge in [-0.05, 0) is 54.5 Å². The van der Waals surface area contributed by atoms with Crippen molar-refractivity contribution in [3.8, 4) is 0 Å². The van der Waals surface area contributed by atoms with Crippen LogP contribution >= 0.6 is 0 Å². The summed E-state index contributed by atoms with van der Waals surface area (Å²) in [5.41, 5.74) is 4.22. The maximum atomic E-state index is 12.5. The maximum Gasteiger partial charge on any atom is 0.222 e. The van der Waals surface area contributed by atoms with Gasteiger partial charge in [0, 0.05) is 51.0 Å². The molecule has 2 aliphatic rings. The van der Waals surface area contributed by atoms with E-state index in [0.29, 0.717) is 12.5 Å². The highest BCUT2D eigenvalue weighted by molar-refractivity contribution is 5.76. The second-order valence-corrected chi connectivity index (χ2v) is 7.44. The van der Waals surface area contributed by atoms with Crippen molar-refractivity contribution >= 4 is 5.91 Å². The molecule has 0 bridgehead atoms. The Labute approximate surface area is 155 Å². The molecule has 2 aromatic rings. The Kier molecular flexibility index (Phi) is 5.30. The Bertz CT molecular complexity index is 738. The van der Waals surface area contributed by atoms with Gasteiger partial charge in [-0.1, -0.05) is 24.3 Å². The van der Waals surface area contributed by atoms with Crippen LogP contribution in [0.25, 0.3) is 0 Å². The number of carbonyl (C=O) groups is 1. The predicted molar refractivity (Wildman–Crippen MR) is 103 cm³/mol. The Morgan fingerprint density at radius 3 is 2.50 bits per heavy atom. The molecule has 1 fully saturated rings. The Morgan fingerprint density at radius 2 is 1.73 bits per heavy atom. The van der Waals surface area contributed by atoms with Crippen LogP contribution in [0, 0.1) is 0 Å². The van der Waals surface area contributed by atoms with E-state index in [1.54, 1.807) is 12.4 Å². The van der Waals surface area contributed by atoms with Crippen LogP contribution in [0.2, 0.25) is 0 Å². The van der Waals surface area contributed by atoms with Crippen molar-refractivity contribution in [1.82, 2.24) is 14.8 Å². The van der Waals surface area contributed by atoms with Gasteiger partial charge in [-0.2, -0.15) is 0 Å². The van der Waals surface area contributed by atoms with Crippen LogP contribution in [-0.4, -0.2) is 52.9 Å². The lowest BCUT2D eigenvalue weighted by Gasteiger charge is -2.41. The molecule has 1 amide bonds. The van der Waals surface area contributed by atoms with E-state index >= 15 is 0 Å². The molecule has 4 rings (SSSR count). The third-order valence-corrected chi connectivity index (χ3v) is 5.88. The van der Waals surface area contributed by atoms with Crippen molar-refractivity contribution in [2.45, 2.75) is 38.1 Å². The van der Waals surface area contributed by atoms with Gasteiger partial charge in [0.15, 0.2) is 0 Å². The zero-order valence-electron chi connectivity index (χ0n) is 15.3. The number of piperazine rings is 1. The van der Waals surface area contributed by atoms with Gasteiger partial charge in [-0.3, -0.25) is 14.7 Å². The summed E-state index contributed by atoms with van der Waals surface area (Å²) in [6.45, 7) is 3.75. The fraction of sp³-hybridized carbons (Fsp3) is 0.455. The summed E-state index contributed by atoms with van der Waals surface area (Å²) in [4.78, 5) is 21.2. The highest BCUT2D eigenvalue weighted by Gasteiger charge is 2.28. The molecule has 4 nitrogen and oxygen atoms in total. The van der Waals surface area contributed by atoms with Crippen LogP contribution in [-0.2, 0) is 24.1 Å². The molecule has 1 saturated heterocycles. The number of aromatic nitrogens is 1. The lowest BCUT2D eigenvalue weighted by atomic mass is 9.87. The SMILES string of the molecule is O=C(CCc1ccncc1)N1CCN([C@@H]2CCc3ccccc3C2)CC1. The summed E-state index contributed by atoms with van der Waals surface area (Å²) in [7, 11) is 0. The quantitative estimate of drug-likeness (QED) is 0.852. The monoisotopic (exact) mass is 349 g/mol. The number of aryl methyl sites for hydroxylation is 2. The molecule has 136 valence electrons. The molecule has 1 aliphatic heterocycles. The van der Waals surface area contributed by atoms with E-state index in [9.17, 15) is 4.79 Å². The molecule has 0 radical (unpaired) electrons. The fourth-order valence-electron chi connectivity index (χ4n) is 4.29. The molecule has 0 spiro atoms. The molecular formula is C22H27N3O. The van der Waals surface area contributed by atoms with Crippen molar-refractivity contribution < 1.29 is 4.79 Å². The van der Waals surface area contributed by atoms with E-state index in [1.165, 1.54) is 29.5 Å². The number of pyridine rings is 1. The van der Waals surface area contributed by atoms with Crippen LogP contribution in [0.5, 0.6) is 0 Å². The molecule has 1 aromatic heterocycles. The average Bonchev–Trinajstić information content (AvgIpc) is 2.72. The zero-order valence-corrected chi connectivity index (χ0v) is 15.3. The summed E-state index contributed by atoms with van der Waals surface area (Å²) < 4.78 is 0. The van der Waals surface area contributed by atoms with Crippen molar-refractivity contribution in [3.05, 3.63) is 65.5 Å². The number of nitrogens with zero attached hydrogens (tertiary/aromatic N) is 3. The first-order chi connectivity index (χ1) is 12.8. The van der Waals surface area contributed by atoms with Crippen LogP contribution in [0.1, 0.15) is 29.5 Å². The van der Waals surface area contributed by atoms with Crippen LogP contribution in [0.4, 0.5) is 0 Å². The minimum atomic E-state index is 0.287. The molecule has 1 aliphatic carbocycles. The minimum absolute atomic E-state index is 0.287. The largest absolute Gasteiger partial charge is 0.340 e. The molecule has 0 saturated carbocycles. The lowest BCUT2D eigenvalue weighted by molar-refractivity contribution is -0.133. The van der Waals surface area contributed by atoms with E-state index in [0.717, 1.165) is 39.0 Å². The van der Waals surface area contributed by atoms with Gasteiger partial charge in [0.05, 0.1) is 0 Å². The van der Waals surface area contributed by atoms with Gasteiger partial charge < -0.3 is 4.90 Å². The molecule has 2 heterocycles. The second kappa shape index (κ2) is 8.00. The van der Waals surface area contributed by atoms with Gasteiger partial charge in [0.1, 0.15) is 0 Å². The number of benzene rings is 1. The van der Waals surface area contributed by atoms with Crippen LogP contribution in [0.3, 0.4) is 0 Å². The first-order valence-corrected chi connectivity index (χ1v) is 9.77. The number of hydrogen-bond acceptors (Lipinski definition) is 3. The Morgan fingerprint density at radius 1 is 1.00 bits per heavy atom. The third-order valence-electron chi connectivity index (χ3n) is 5.88. The van der Waals surface area contributed by atoms with E-state index < -0.39 is 0 Å². The Balaban J connectivity index is 1.26. The standard InChI is InChI=1S/C22H27N3O/c26-22(8-5-18-9-11-23-12-10-18)25-15-13-24(14-16-25)21-7-6-19-3-1-2-4-20(19)17-21/h1-4,9-12,21H,5-8,13-17H2/t21-/m1/s1. The molecule has 4 heteroatoms. The van der Waals surface area contributed by atoms with Gasteiger partial charge in [-0.15, -0.1) is 0 Å². The predicted octanol–water partition coefficient (Wildman–Crippen LogP) is 2.72. The van der Waals surface area contributed by atoms with E-state index in [-0.39, 0.29) is 5.91 Å². The number of rotatable bonds is 4. The zero-order chi connectivity index (χ0) is 17.8. The summed E-state index contributed by atoms with van der Waals surface area (Å²) in [5, 5.41) is 0. The number of fused-ring (bicyclic) bond motifs is 1. The van der Waals surface area contributed by atoms with Gasteiger partial charge in [0.25, 0.3) is 0 Å². The van der Waals surface area contributed by atoms with Crippen LogP contribution < -0.4 is 0 Å². The third kappa shape index (κ3) is 3.96. The van der Waals surface area contributed by atoms with Gasteiger partial charge in [-0.25, -0.2) is 0 Å². The summed E-state index contributed by atoms with van der Waals surface area (Å²) in [6, 6.07) is 13.5. The smallest absolute Gasteiger partial charge is 0.222 e. The fourth-order valence-corrected chi connectivity index (χ4v) is 4.29. The number of hydrogen-bond donors (Lipinski definition) is 0. The number of amides is 1. The highest BCUT2D eigenvalue weighted by Crippen LogP contribution is 2.25. The summed E-state index contributed by atoms with van der Waals surface area (Å²) in [5.74, 6) is 0.287. The number of carbonyl (C=O) groups excluding carboxylic acids is 1. The molecule has 0 N–H and O–H groups in total. The molecule has 0 unspecified atom stereocenters. The van der Waals surface area contributed by atoms with E-state index in [2.05, 4.69) is 39.0 Å². The van der Waals surface area contributed by atoms with Crippen molar-refractivity contribution in [1.29, 1.82) is 0 Å². The van der Waals surface area contributed by atoms with Crippen LogP contribution in [0.15, 0.2) is 48.8 Å². The molecule has 1 aromatic carbocycles. The topological polar surface area (TPSA) is 36.4 Å². The van der Waals surface area contributed by atoms with Crippen molar-refractivity contribution in [3.63, 3.8) is 0 Å². The van der Waals surface area contributed by atoms with E-state index in [1.807, 2.05) is 12.1 Å². The van der Waals surface area contributed by atoms with Gasteiger partial charge >= 0.3 is 0 Å². The first kappa shape index (κ1) is 17.2. The lowest BCUT2D eigenvalue weighted by Crippen LogP contribution is -2.53. The minimum Gasteiger partial charge on any atom is -0.340 e. The summed E-state index contributed by atoms with van der Waals surface area (Å²) in [6.07, 6.45) is 8.58. The maximum absolute atomic E-state index is 12.5. The highest BCUT2D eigenvalue weighted by atomic mass is 16.2. The van der Waals surface area contributed by atoms with Crippen molar-refractivity contribution in [2.24, 2.45) is 0 Å². The normalized spacial score (nSPS) is 20.6. The first-order valence-electron chi connectivity index (χ1n) is 9.77. The molecular weight excluding hydrogens is 322 g/mol. The average molecular weight is 349 g/mol. The second-order valence-electron chi connectivity index (χ2n) is 7.44. The van der Waals surface area contributed by atoms with Crippen molar-refractivity contribution in [2.75, 3.05) is 26.2 Å². The summed E-state index contributed by atoms with van der Waals surface area (Å²) >= 11 is 0. The molecule has 26 heavy (non-hydrogen) atoms.